The molecule has 0 aliphatic heterocycles. The summed E-state index contributed by atoms with van der Waals surface area (Å²) in [5.74, 6) is 0.0550. The SMILES string of the molecule is C#C.C=C(C)c1ccc(C)c(C)c1.C=O.CC.CCCc1c(C(C)=O)n[nH]c1CC.CCCc1ccc(C)cc1.CO. The van der Waals surface area contributed by atoms with Crippen molar-refractivity contribution in [3.8, 4) is 12.8 Å². The number of nitrogens with zero attached hydrogens (tertiary/aromatic N) is 1. The highest BCUT2D eigenvalue weighted by Crippen LogP contribution is 2.16. The van der Waals surface area contributed by atoms with Gasteiger partial charge in [-0.2, -0.15) is 5.10 Å². The Morgan fingerprint density at radius 3 is 1.74 bits per heavy atom. The molecule has 2 N–H and O–H groups in total. The maximum Gasteiger partial charge on any atom is 0.180 e. The molecule has 3 aromatic rings. The van der Waals surface area contributed by atoms with Gasteiger partial charge in [0.15, 0.2) is 5.78 Å². The molecule has 0 saturated heterocycles. The predicted octanol–water partition coefficient (Wildman–Crippen LogP) is 9.11. The number of aryl methyl sites for hydroxylation is 5. The molecule has 0 aliphatic rings. The Labute approximate surface area is 257 Å². The molecule has 0 unspecified atom stereocenters. The van der Waals surface area contributed by atoms with Gasteiger partial charge in [0.05, 0.1) is 0 Å². The Morgan fingerprint density at radius 1 is 0.857 bits per heavy atom. The highest BCUT2D eigenvalue weighted by Gasteiger charge is 2.13. The number of rotatable bonds is 7. The van der Waals surface area contributed by atoms with Crippen molar-refractivity contribution >= 4 is 18.1 Å². The van der Waals surface area contributed by atoms with Crippen LogP contribution in [0.3, 0.4) is 0 Å². The summed E-state index contributed by atoms with van der Waals surface area (Å²) in [4.78, 5) is 19.2. The normalized spacial score (nSPS) is 8.52. The first-order chi connectivity index (χ1) is 20.1. The lowest BCUT2D eigenvalue weighted by Gasteiger charge is -2.03. The quantitative estimate of drug-likeness (QED) is 0.216. The maximum absolute atomic E-state index is 11.2. The number of hydrogen-bond acceptors (Lipinski definition) is 4. The van der Waals surface area contributed by atoms with Crippen LogP contribution in [0.1, 0.15) is 111 Å². The molecule has 3 rings (SSSR count). The highest BCUT2D eigenvalue weighted by molar-refractivity contribution is 5.93. The molecule has 5 nitrogen and oxygen atoms in total. The number of allylic oxidation sites excluding steroid dienone is 1. The smallest absolute Gasteiger partial charge is 0.180 e. The lowest BCUT2D eigenvalue weighted by Crippen LogP contribution is -1.99. The number of carbonyl (C=O) groups is 2. The van der Waals surface area contributed by atoms with Crippen molar-refractivity contribution < 1.29 is 14.7 Å². The van der Waals surface area contributed by atoms with Crippen LogP contribution in [0.2, 0.25) is 0 Å². The second-order valence-corrected chi connectivity index (χ2v) is 9.00. The lowest BCUT2D eigenvalue weighted by atomic mass is 10.0. The number of hydrogen-bond donors (Lipinski definition) is 2. The molecule has 42 heavy (non-hydrogen) atoms. The molecule has 0 atom stereocenters. The zero-order valence-electron chi connectivity index (χ0n) is 28.4. The second kappa shape index (κ2) is 30.2. The van der Waals surface area contributed by atoms with Crippen LogP contribution in [0.25, 0.3) is 5.57 Å². The fraction of sp³-hybridized carbons (Fsp3) is 0.432. The van der Waals surface area contributed by atoms with E-state index in [1.54, 1.807) is 6.92 Å². The van der Waals surface area contributed by atoms with Gasteiger partial charge in [0.1, 0.15) is 12.5 Å². The van der Waals surface area contributed by atoms with Crippen molar-refractivity contribution in [2.45, 2.75) is 101 Å². The van der Waals surface area contributed by atoms with Crippen LogP contribution in [0.15, 0.2) is 49.0 Å². The van der Waals surface area contributed by atoms with Crippen LogP contribution in [-0.2, 0) is 24.1 Å². The number of aliphatic hydroxyl groups is 1. The van der Waals surface area contributed by atoms with Crippen molar-refractivity contribution in [3.63, 3.8) is 0 Å². The average molecular weight is 579 g/mol. The van der Waals surface area contributed by atoms with Crippen LogP contribution in [0, 0.1) is 33.6 Å². The van der Waals surface area contributed by atoms with Crippen molar-refractivity contribution in [2.75, 3.05) is 7.11 Å². The molecule has 1 aromatic heterocycles. The molecular weight excluding hydrogens is 520 g/mol. The second-order valence-electron chi connectivity index (χ2n) is 9.00. The fourth-order valence-corrected chi connectivity index (χ4v) is 3.55. The number of benzene rings is 2. The third-order valence-corrected chi connectivity index (χ3v) is 5.80. The van der Waals surface area contributed by atoms with E-state index in [2.05, 4.69) is 114 Å². The minimum Gasteiger partial charge on any atom is -0.400 e. The van der Waals surface area contributed by atoms with E-state index in [1.807, 2.05) is 27.6 Å². The van der Waals surface area contributed by atoms with Gasteiger partial charge in [-0.15, -0.1) is 12.8 Å². The number of nitrogens with one attached hydrogen (secondary N) is 1. The summed E-state index contributed by atoms with van der Waals surface area (Å²) in [6.45, 7) is 26.2. The number of aliphatic hydroxyl groups excluding tert-OH is 1. The van der Waals surface area contributed by atoms with Gasteiger partial charge >= 0.3 is 0 Å². The van der Waals surface area contributed by atoms with Gasteiger partial charge < -0.3 is 9.90 Å². The molecule has 0 fully saturated rings. The average Bonchev–Trinajstić information content (AvgIpc) is 3.44. The first-order valence-corrected chi connectivity index (χ1v) is 14.6. The van der Waals surface area contributed by atoms with Crippen LogP contribution in [0.4, 0.5) is 0 Å². The Morgan fingerprint density at radius 2 is 1.36 bits per heavy atom. The van der Waals surface area contributed by atoms with E-state index in [0.717, 1.165) is 43.2 Å². The van der Waals surface area contributed by atoms with Gasteiger partial charge in [0, 0.05) is 25.3 Å². The molecule has 2 aromatic carbocycles. The zero-order valence-corrected chi connectivity index (χ0v) is 28.4. The summed E-state index contributed by atoms with van der Waals surface area (Å²) >= 11 is 0. The van der Waals surface area contributed by atoms with E-state index < -0.39 is 0 Å². The number of aromatic nitrogens is 2. The molecule has 234 valence electrons. The van der Waals surface area contributed by atoms with Gasteiger partial charge in [-0.05, 0) is 69.2 Å². The predicted molar refractivity (Wildman–Crippen MR) is 184 cm³/mol. The number of Topliss-reactive ketones (excluding diaryl/α,β-unsaturated/α-hetero) is 1. The number of carbonyl (C=O) groups excluding carboxylic acids is 2. The third-order valence-electron chi connectivity index (χ3n) is 5.80. The molecular formula is C37H58N2O3. The van der Waals surface area contributed by atoms with Crippen molar-refractivity contribution in [1.29, 1.82) is 0 Å². The summed E-state index contributed by atoms with van der Waals surface area (Å²) in [6.07, 6.45) is 13.3. The van der Waals surface area contributed by atoms with Gasteiger partial charge in [-0.3, -0.25) is 9.89 Å². The van der Waals surface area contributed by atoms with Gasteiger partial charge in [0.25, 0.3) is 0 Å². The summed E-state index contributed by atoms with van der Waals surface area (Å²) in [5, 5.41) is 13.9. The summed E-state index contributed by atoms with van der Waals surface area (Å²) in [6, 6.07) is 15.2. The number of ketones is 1. The summed E-state index contributed by atoms with van der Waals surface area (Å²) in [7, 11) is 1.00. The Kier molecular flexibility index (Phi) is 32.5. The molecule has 0 aliphatic carbocycles. The topological polar surface area (TPSA) is 83.0 Å². The van der Waals surface area contributed by atoms with Gasteiger partial charge in [-0.25, -0.2) is 0 Å². The molecule has 0 spiro atoms. The zero-order chi connectivity index (χ0) is 33.7. The third kappa shape index (κ3) is 19.3. The summed E-state index contributed by atoms with van der Waals surface area (Å²) < 4.78 is 0. The first-order valence-electron chi connectivity index (χ1n) is 14.6. The van der Waals surface area contributed by atoms with Crippen LogP contribution in [0.5, 0.6) is 0 Å². The number of aromatic amines is 1. The van der Waals surface area contributed by atoms with E-state index in [4.69, 9.17) is 9.90 Å². The van der Waals surface area contributed by atoms with Gasteiger partial charge in [-0.1, -0.05) is 108 Å². The van der Waals surface area contributed by atoms with E-state index in [-0.39, 0.29) is 5.78 Å². The Balaban J connectivity index is -0.000000231. The molecule has 0 bridgehead atoms. The lowest BCUT2D eigenvalue weighted by molar-refractivity contribution is -0.0980. The van der Waals surface area contributed by atoms with E-state index in [9.17, 15) is 4.79 Å². The first kappa shape index (κ1) is 45.2. The largest absolute Gasteiger partial charge is 0.400 e. The minimum absolute atomic E-state index is 0.0550. The molecule has 0 amide bonds. The number of H-pyrrole nitrogens is 1. The van der Waals surface area contributed by atoms with Crippen LogP contribution < -0.4 is 0 Å². The molecule has 0 radical (unpaired) electrons. The minimum atomic E-state index is 0.0550. The van der Waals surface area contributed by atoms with E-state index in [1.165, 1.54) is 40.7 Å². The summed E-state index contributed by atoms with van der Waals surface area (Å²) in [5.41, 5.74) is 10.7. The van der Waals surface area contributed by atoms with Crippen LogP contribution >= 0.6 is 0 Å². The van der Waals surface area contributed by atoms with Gasteiger partial charge in [0.2, 0.25) is 0 Å². The fourth-order valence-electron chi connectivity index (χ4n) is 3.55. The van der Waals surface area contributed by atoms with Crippen molar-refractivity contribution in [2.24, 2.45) is 0 Å². The standard InChI is InChI=1S/C11H14.C10H16N2O.C10H14.C2H6.C2H2.CH4O.CH2O/c1-8(2)11-6-5-9(3)10(4)7-11;1-4-6-8-9(5-2)11-12-10(8)7(3)13;1-3-4-10-7-5-9(2)6-8-10;4*1-2/h5-7H,1H2,2-4H3;4-6H2,1-3H3,(H,11,12);5-8H,3-4H2,1-2H3;1-2H3;1-2H;2H,1H3;1H2. The van der Waals surface area contributed by atoms with Crippen molar-refractivity contribution in [3.05, 3.63) is 93.8 Å². The number of terminal acetylenes is 1. The molecule has 5 heteroatoms. The van der Waals surface area contributed by atoms with E-state index >= 15 is 0 Å². The van der Waals surface area contributed by atoms with Crippen LogP contribution in [-0.4, -0.2) is 35.0 Å². The monoisotopic (exact) mass is 578 g/mol. The van der Waals surface area contributed by atoms with E-state index in [0.29, 0.717) is 5.69 Å². The molecule has 0 saturated carbocycles. The Hall–Kier alpha value is -3.75. The highest BCUT2D eigenvalue weighted by atomic mass is 16.2. The molecule has 1 heterocycles. The van der Waals surface area contributed by atoms with Crippen molar-refractivity contribution in [1.82, 2.24) is 10.2 Å². The Bertz CT molecular complexity index is 1110. The maximum atomic E-state index is 11.2.